The van der Waals surface area contributed by atoms with Crippen LogP contribution in [0.2, 0.25) is 0 Å². The summed E-state index contributed by atoms with van der Waals surface area (Å²) in [5, 5.41) is 2.83. The molecule has 1 N–H and O–H groups in total. The monoisotopic (exact) mass is 294 g/mol. The zero-order valence-electron chi connectivity index (χ0n) is 12.9. The Morgan fingerprint density at radius 3 is 2.90 bits per heavy atom. The summed E-state index contributed by atoms with van der Waals surface area (Å²) in [7, 11) is 0. The molecule has 21 heavy (non-hydrogen) atoms. The molecule has 1 aliphatic carbocycles. The van der Waals surface area contributed by atoms with Crippen molar-refractivity contribution in [2.24, 2.45) is 11.3 Å². The van der Waals surface area contributed by atoms with E-state index in [1.807, 2.05) is 11.8 Å². The predicted molar refractivity (Wildman–Crippen MR) is 78.6 cm³/mol. The van der Waals surface area contributed by atoms with Crippen LogP contribution in [0.3, 0.4) is 0 Å². The van der Waals surface area contributed by atoms with E-state index in [2.05, 4.69) is 5.32 Å². The lowest BCUT2D eigenvalue weighted by molar-refractivity contribution is -0.148. The average molecular weight is 294 g/mol. The maximum atomic E-state index is 12.8. The molecule has 5 heteroatoms. The van der Waals surface area contributed by atoms with Crippen LogP contribution >= 0.6 is 0 Å². The van der Waals surface area contributed by atoms with Crippen molar-refractivity contribution in [3.8, 4) is 0 Å². The van der Waals surface area contributed by atoms with Gasteiger partial charge in [-0.3, -0.25) is 9.59 Å². The topological polar surface area (TPSA) is 58.6 Å². The number of hydrogen-bond acceptors (Lipinski definition) is 3. The van der Waals surface area contributed by atoms with Crippen LogP contribution < -0.4 is 5.32 Å². The van der Waals surface area contributed by atoms with Crippen LogP contribution in [0.1, 0.15) is 45.4 Å². The molecule has 0 unspecified atom stereocenters. The standard InChI is InChI=1S/C16H26N2O3/c1-16(7-6-14(19)17-11-16)15(20)18-8-2-3-13(9-18)21-10-12-4-5-12/h12-13H,2-11H2,1H3,(H,17,19)/t13-,16+/m0/s1. The molecule has 0 aromatic heterocycles. The third-order valence-electron chi connectivity index (χ3n) is 5.03. The summed E-state index contributed by atoms with van der Waals surface area (Å²) < 4.78 is 5.96. The first-order chi connectivity index (χ1) is 10.1. The summed E-state index contributed by atoms with van der Waals surface area (Å²) in [6.07, 6.45) is 5.98. The highest BCUT2D eigenvalue weighted by Gasteiger charge is 2.41. The maximum Gasteiger partial charge on any atom is 0.230 e. The molecule has 2 saturated heterocycles. The molecule has 2 aliphatic heterocycles. The largest absolute Gasteiger partial charge is 0.376 e. The lowest BCUT2D eigenvalue weighted by atomic mass is 9.80. The Kier molecular flexibility index (Phi) is 4.20. The van der Waals surface area contributed by atoms with Gasteiger partial charge in [0.05, 0.1) is 11.5 Å². The van der Waals surface area contributed by atoms with E-state index in [9.17, 15) is 9.59 Å². The number of carbonyl (C=O) groups excluding carboxylic acids is 2. The number of likely N-dealkylation sites (tertiary alicyclic amines) is 1. The zero-order valence-corrected chi connectivity index (χ0v) is 12.9. The Hall–Kier alpha value is -1.10. The Balaban J connectivity index is 1.54. The van der Waals surface area contributed by atoms with Gasteiger partial charge in [0.1, 0.15) is 0 Å². The highest BCUT2D eigenvalue weighted by molar-refractivity contribution is 5.86. The Morgan fingerprint density at radius 2 is 2.24 bits per heavy atom. The molecule has 3 rings (SSSR count). The Bertz CT molecular complexity index is 410. The lowest BCUT2D eigenvalue weighted by Gasteiger charge is -2.40. The molecule has 2 heterocycles. The first kappa shape index (κ1) is 14.8. The molecule has 1 saturated carbocycles. The summed E-state index contributed by atoms with van der Waals surface area (Å²) in [4.78, 5) is 26.1. The Morgan fingerprint density at radius 1 is 1.43 bits per heavy atom. The van der Waals surface area contributed by atoms with Gasteiger partial charge in [-0.15, -0.1) is 0 Å². The lowest BCUT2D eigenvalue weighted by Crippen LogP contribution is -2.54. The van der Waals surface area contributed by atoms with E-state index < -0.39 is 5.41 Å². The van der Waals surface area contributed by atoms with Gasteiger partial charge in [0.25, 0.3) is 0 Å². The van der Waals surface area contributed by atoms with Crippen LogP contribution in [0, 0.1) is 11.3 Å². The van der Waals surface area contributed by atoms with Crippen molar-refractivity contribution in [2.45, 2.75) is 51.6 Å². The summed E-state index contributed by atoms with van der Waals surface area (Å²) in [5.74, 6) is 1.01. The average Bonchev–Trinajstić information content (AvgIpc) is 3.32. The van der Waals surface area contributed by atoms with E-state index in [1.165, 1.54) is 12.8 Å². The molecule has 3 aliphatic rings. The quantitative estimate of drug-likeness (QED) is 0.851. The van der Waals surface area contributed by atoms with E-state index in [4.69, 9.17) is 4.74 Å². The normalized spacial score (nSPS) is 33.7. The smallest absolute Gasteiger partial charge is 0.230 e. The minimum absolute atomic E-state index is 0.0598. The Labute approximate surface area is 126 Å². The van der Waals surface area contributed by atoms with Crippen LogP contribution in [-0.4, -0.2) is 49.1 Å². The number of carbonyl (C=O) groups is 2. The highest BCUT2D eigenvalue weighted by atomic mass is 16.5. The van der Waals surface area contributed by atoms with E-state index in [0.717, 1.165) is 38.5 Å². The van der Waals surface area contributed by atoms with E-state index in [1.54, 1.807) is 0 Å². The third kappa shape index (κ3) is 3.57. The number of hydrogen-bond donors (Lipinski definition) is 1. The number of amides is 2. The fourth-order valence-electron chi connectivity index (χ4n) is 3.24. The molecule has 0 aromatic carbocycles. The highest BCUT2D eigenvalue weighted by Crippen LogP contribution is 2.32. The molecule has 118 valence electrons. The van der Waals surface area contributed by atoms with Gasteiger partial charge < -0.3 is 15.0 Å². The fourth-order valence-corrected chi connectivity index (χ4v) is 3.24. The maximum absolute atomic E-state index is 12.8. The second-order valence-corrected chi connectivity index (χ2v) is 7.13. The van der Waals surface area contributed by atoms with Gasteiger partial charge in [-0.2, -0.15) is 0 Å². The molecule has 0 aromatic rings. The third-order valence-corrected chi connectivity index (χ3v) is 5.03. The molecule has 0 bridgehead atoms. The number of rotatable bonds is 4. The minimum Gasteiger partial charge on any atom is -0.376 e. The van der Waals surface area contributed by atoms with Crippen molar-refractivity contribution in [3.05, 3.63) is 0 Å². The molecule has 2 atom stereocenters. The van der Waals surface area contributed by atoms with Crippen LogP contribution in [0.5, 0.6) is 0 Å². The van der Waals surface area contributed by atoms with Gasteiger partial charge in [0.2, 0.25) is 11.8 Å². The van der Waals surface area contributed by atoms with Gasteiger partial charge in [-0.25, -0.2) is 0 Å². The van der Waals surface area contributed by atoms with E-state index >= 15 is 0 Å². The molecule has 0 spiro atoms. The first-order valence-electron chi connectivity index (χ1n) is 8.24. The van der Waals surface area contributed by atoms with Crippen LogP contribution in [-0.2, 0) is 14.3 Å². The van der Waals surface area contributed by atoms with Gasteiger partial charge in [0.15, 0.2) is 0 Å². The van der Waals surface area contributed by atoms with Crippen molar-refractivity contribution in [1.29, 1.82) is 0 Å². The SMILES string of the molecule is C[C@@]1(C(=O)N2CCC[C@H](OCC3CC3)C2)CCC(=O)NC1. The number of nitrogens with one attached hydrogen (secondary N) is 1. The summed E-state index contributed by atoms with van der Waals surface area (Å²) in [6.45, 7) is 4.85. The molecule has 2 amide bonds. The van der Waals surface area contributed by atoms with Gasteiger partial charge in [-0.05, 0) is 44.9 Å². The summed E-state index contributed by atoms with van der Waals surface area (Å²) in [6, 6.07) is 0. The van der Waals surface area contributed by atoms with Gasteiger partial charge in [0, 0.05) is 32.7 Å². The predicted octanol–water partition coefficient (Wildman–Crippen LogP) is 1.32. The number of nitrogens with zero attached hydrogens (tertiary/aromatic N) is 1. The summed E-state index contributed by atoms with van der Waals surface area (Å²) >= 11 is 0. The van der Waals surface area contributed by atoms with E-state index in [-0.39, 0.29) is 17.9 Å². The zero-order chi connectivity index (χ0) is 14.9. The van der Waals surface area contributed by atoms with Crippen LogP contribution in [0.25, 0.3) is 0 Å². The number of ether oxygens (including phenoxy) is 1. The molecule has 5 nitrogen and oxygen atoms in total. The van der Waals surface area contributed by atoms with Crippen molar-refractivity contribution in [2.75, 3.05) is 26.2 Å². The summed E-state index contributed by atoms with van der Waals surface area (Å²) in [5.41, 5.74) is -0.438. The molecular formula is C16H26N2O3. The molecular weight excluding hydrogens is 268 g/mol. The molecule has 3 fully saturated rings. The van der Waals surface area contributed by atoms with Crippen molar-refractivity contribution in [1.82, 2.24) is 10.2 Å². The molecule has 0 radical (unpaired) electrons. The van der Waals surface area contributed by atoms with Gasteiger partial charge >= 0.3 is 0 Å². The minimum atomic E-state index is -0.438. The van der Waals surface area contributed by atoms with Crippen LogP contribution in [0.15, 0.2) is 0 Å². The van der Waals surface area contributed by atoms with Crippen molar-refractivity contribution in [3.63, 3.8) is 0 Å². The van der Waals surface area contributed by atoms with Crippen molar-refractivity contribution >= 4 is 11.8 Å². The first-order valence-corrected chi connectivity index (χ1v) is 8.24. The fraction of sp³-hybridized carbons (Fsp3) is 0.875. The second kappa shape index (κ2) is 5.95. The van der Waals surface area contributed by atoms with Crippen molar-refractivity contribution < 1.29 is 14.3 Å². The number of piperidine rings is 2. The van der Waals surface area contributed by atoms with E-state index in [0.29, 0.717) is 19.4 Å². The van der Waals surface area contributed by atoms with Crippen LogP contribution in [0.4, 0.5) is 0 Å². The van der Waals surface area contributed by atoms with Gasteiger partial charge in [-0.1, -0.05) is 0 Å². The second-order valence-electron chi connectivity index (χ2n) is 7.13.